The first-order chi connectivity index (χ1) is 9.10. The maximum atomic E-state index is 5.56. The molecule has 3 N–H and O–H groups in total. The molecule has 0 amide bonds. The zero-order chi connectivity index (χ0) is 13.9. The maximum absolute atomic E-state index is 5.56. The van der Waals surface area contributed by atoms with Crippen LogP contribution in [0.2, 0.25) is 0 Å². The van der Waals surface area contributed by atoms with Gasteiger partial charge >= 0.3 is 6.01 Å². The van der Waals surface area contributed by atoms with Crippen molar-refractivity contribution in [1.82, 2.24) is 15.0 Å². The Hall–Kier alpha value is -1.67. The number of methoxy groups -OCH3 is 2. The second kappa shape index (κ2) is 5.54. The molecule has 0 radical (unpaired) electrons. The SMILES string of the molecule is COc1nc(NN)nc(N2CCCC(C)(OC)C2)n1. The highest BCUT2D eigenvalue weighted by atomic mass is 16.5. The lowest BCUT2D eigenvalue weighted by atomic mass is 9.95. The summed E-state index contributed by atoms with van der Waals surface area (Å²) < 4.78 is 10.6. The number of rotatable bonds is 4. The Kier molecular flexibility index (Phi) is 4.01. The van der Waals surface area contributed by atoms with Gasteiger partial charge in [-0.1, -0.05) is 0 Å². The van der Waals surface area contributed by atoms with E-state index in [4.69, 9.17) is 15.3 Å². The van der Waals surface area contributed by atoms with E-state index in [1.165, 1.54) is 7.11 Å². The lowest BCUT2D eigenvalue weighted by Crippen LogP contribution is -2.48. The summed E-state index contributed by atoms with van der Waals surface area (Å²) in [5.74, 6) is 6.18. The highest BCUT2D eigenvalue weighted by molar-refractivity contribution is 5.38. The van der Waals surface area contributed by atoms with Crippen LogP contribution in [0.3, 0.4) is 0 Å². The Morgan fingerprint density at radius 3 is 2.74 bits per heavy atom. The van der Waals surface area contributed by atoms with Gasteiger partial charge in [0.1, 0.15) is 0 Å². The van der Waals surface area contributed by atoms with Crippen molar-refractivity contribution in [2.24, 2.45) is 5.84 Å². The van der Waals surface area contributed by atoms with Gasteiger partial charge in [-0.05, 0) is 19.8 Å². The molecule has 0 saturated carbocycles. The quantitative estimate of drug-likeness (QED) is 0.589. The second-order valence-corrected chi connectivity index (χ2v) is 4.77. The first-order valence-corrected chi connectivity index (χ1v) is 6.17. The third kappa shape index (κ3) is 3.02. The minimum absolute atomic E-state index is 0.186. The van der Waals surface area contributed by atoms with Crippen LogP contribution in [0.25, 0.3) is 0 Å². The van der Waals surface area contributed by atoms with Gasteiger partial charge in [-0.25, -0.2) is 5.84 Å². The predicted octanol–water partition coefficient (Wildman–Crippen LogP) is 0.171. The zero-order valence-corrected chi connectivity index (χ0v) is 11.5. The molecule has 0 spiro atoms. The van der Waals surface area contributed by atoms with Crippen molar-refractivity contribution in [3.63, 3.8) is 0 Å². The van der Waals surface area contributed by atoms with Crippen molar-refractivity contribution in [2.45, 2.75) is 25.4 Å². The molecule has 1 saturated heterocycles. The number of ether oxygens (including phenoxy) is 2. The standard InChI is InChI=1S/C11H20N6O2/c1-11(19-3)5-4-6-17(7-11)9-13-8(16-12)14-10(15-9)18-2/h4-7,12H2,1-3H3,(H,13,14,15,16). The van der Waals surface area contributed by atoms with Crippen LogP contribution in [0.5, 0.6) is 6.01 Å². The summed E-state index contributed by atoms with van der Waals surface area (Å²) in [5.41, 5.74) is 2.23. The van der Waals surface area contributed by atoms with Crippen LogP contribution in [0.15, 0.2) is 0 Å². The molecule has 19 heavy (non-hydrogen) atoms. The largest absolute Gasteiger partial charge is 0.467 e. The van der Waals surface area contributed by atoms with Crippen molar-refractivity contribution in [3.05, 3.63) is 0 Å². The molecule has 2 rings (SSSR count). The predicted molar refractivity (Wildman–Crippen MR) is 71.1 cm³/mol. The van der Waals surface area contributed by atoms with Crippen molar-refractivity contribution >= 4 is 11.9 Å². The number of nitrogens with one attached hydrogen (secondary N) is 1. The van der Waals surface area contributed by atoms with Crippen LogP contribution < -0.4 is 20.9 Å². The second-order valence-electron chi connectivity index (χ2n) is 4.77. The average molecular weight is 268 g/mol. The Labute approximate surface area is 112 Å². The molecule has 0 bridgehead atoms. The summed E-state index contributed by atoms with van der Waals surface area (Å²) in [7, 11) is 3.24. The number of anilines is 2. The van der Waals surface area contributed by atoms with Gasteiger partial charge in [-0.15, -0.1) is 0 Å². The normalized spacial score (nSPS) is 23.3. The van der Waals surface area contributed by atoms with Crippen molar-refractivity contribution in [2.75, 3.05) is 37.6 Å². The monoisotopic (exact) mass is 268 g/mol. The van der Waals surface area contributed by atoms with E-state index in [1.54, 1.807) is 7.11 Å². The summed E-state index contributed by atoms with van der Waals surface area (Å²) in [5, 5.41) is 0. The summed E-state index contributed by atoms with van der Waals surface area (Å²) in [6.45, 7) is 3.68. The molecule has 1 fully saturated rings. The molecule has 1 unspecified atom stereocenters. The first kappa shape index (κ1) is 13.8. The smallest absolute Gasteiger partial charge is 0.322 e. The lowest BCUT2D eigenvalue weighted by molar-refractivity contribution is -0.00501. The van der Waals surface area contributed by atoms with Gasteiger partial charge < -0.3 is 14.4 Å². The lowest BCUT2D eigenvalue weighted by Gasteiger charge is -2.39. The molecule has 1 aromatic heterocycles. The fraction of sp³-hybridized carbons (Fsp3) is 0.727. The average Bonchev–Trinajstić information content (AvgIpc) is 2.46. The third-order valence-electron chi connectivity index (χ3n) is 3.35. The van der Waals surface area contributed by atoms with Crippen LogP contribution in [-0.2, 0) is 4.74 Å². The topological polar surface area (TPSA) is 98.4 Å². The van der Waals surface area contributed by atoms with E-state index in [-0.39, 0.29) is 17.6 Å². The minimum Gasteiger partial charge on any atom is -0.467 e. The number of piperidine rings is 1. The van der Waals surface area contributed by atoms with Gasteiger partial charge in [-0.2, -0.15) is 15.0 Å². The molecular weight excluding hydrogens is 248 g/mol. The van der Waals surface area contributed by atoms with Crippen LogP contribution in [0, 0.1) is 0 Å². The summed E-state index contributed by atoms with van der Waals surface area (Å²) in [4.78, 5) is 14.5. The number of nitrogen functional groups attached to an aromatic ring is 1. The van der Waals surface area contributed by atoms with E-state index in [2.05, 4.69) is 32.2 Å². The van der Waals surface area contributed by atoms with E-state index >= 15 is 0 Å². The molecule has 1 atom stereocenters. The summed E-state index contributed by atoms with van der Waals surface area (Å²) in [6.07, 6.45) is 2.04. The van der Waals surface area contributed by atoms with Crippen molar-refractivity contribution in [3.8, 4) is 6.01 Å². The van der Waals surface area contributed by atoms with Crippen molar-refractivity contribution in [1.29, 1.82) is 0 Å². The van der Waals surface area contributed by atoms with Crippen LogP contribution in [0.4, 0.5) is 11.9 Å². The molecule has 106 valence electrons. The Balaban J connectivity index is 2.25. The molecule has 8 nitrogen and oxygen atoms in total. The molecule has 1 aromatic rings. The molecule has 8 heteroatoms. The Morgan fingerprint density at radius 2 is 2.11 bits per heavy atom. The number of hydrazine groups is 1. The number of aromatic nitrogens is 3. The van der Waals surface area contributed by atoms with E-state index in [0.29, 0.717) is 5.95 Å². The van der Waals surface area contributed by atoms with Gasteiger partial charge in [0.25, 0.3) is 0 Å². The number of hydrogen-bond donors (Lipinski definition) is 2. The van der Waals surface area contributed by atoms with E-state index in [1.807, 2.05) is 0 Å². The van der Waals surface area contributed by atoms with Gasteiger partial charge in [0, 0.05) is 20.2 Å². The van der Waals surface area contributed by atoms with Gasteiger partial charge in [0.15, 0.2) is 0 Å². The van der Waals surface area contributed by atoms with E-state index in [0.717, 1.165) is 25.9 Å². The first-order valence-electron chi connectivity index (χ1n) is 6.17. The Bertz CT molecular complexity index is 421. The fourth-order valence-electron chi connectivity index (χ4n) is 2.19. The molecule has 0 aromatic carbocycles. The summed E-state index contributed by atoms with van der Waals surface area (Å²) >= 11 is 0. The van der Waals surface area contributed by atoms with E-state index < -0.39 is 0 Å². The fourth-order valence-corrected chi connectivity index (χ4v) is 2.19. The maximum Gasteiger partial charge on any atom is 0.322 e. The van der Waals surface area contributed by atoms with Crippen LogP contribution in [0.1, 0.15) is 19.8 Å². The third-order valence-corrected chi connectivity index (χ3v) is 3.35. The summed E-state index contributed by atoms with van der Waals surface area (Å²) in [6, 6.07) is 0.239. The molecule has 1 aliphatic rings. The molecule has 1 aliphatic heterocycles. The molecule has 0 aliphatic carbocycles. The van der Waals surface area contributed by atoms with Gasteiger partial charge in [0.05, 0.1) is 12.7 Å². The van der Waals surface area contributed by atoms with E-state index in [9.17, 15) is 0 Å². The van der Waals surface area contributed by atoms with Gasteiger partial charge in [-0.3, -0.25) is 5.43 Å². The number of nitrogens with zero attached hydrogens (tertiary/aromatic N) is 4. The molecule has 2 heterocycles. The van der Waals surface area contributed by atoms with Crippen molar-refractivity contribution < 1.29 is 9.47 Å². The van der Waals surface area contributed by atoms with Crippen LogP contribution in [-0.4, -0.2) is 47.9 Å². The Morgan fingerprint density at radius 1 is 1.32 bits per heavy atom. The number of hydrogen-bond acceptors (Lipinski definition) is 8. The molecular formula is C11H20N6O2. The minimum atomic E-state index is -0.186. The highest BCUT2D eigenvalue weighted by Crippen LogP contribution is 2.27. The number of nitrogens with two attached hydrogens (primary N) is 1. The van der Waals surface area contributed by atoms with Gasteiger partial charge in [0.2, 0.25) is 11.9 Å². The zero-order valence-electron chi connectivity index (χ0n) is 11.5. The van der Waals surface area contributed by atoms with Crippen LogP contribution >= 0.6 is 0 Å². The highest BCUT2D eigenvalue weighted by Gasteiger charge is 2.32.